The number of carbonyl (C=O) groups is 1. The number of esters is 1. The fraction of sp³-hybridized carbons (Fsp3) is 0.133. The van der Waals surface area contributed by atoms with Crippen molar-refractivity contribution in [1.82, 2.24) is 14.6 Å². The molecule has 6 nitrogen and oxygen atoms in total. The summed E-state index contributed by atoms with van der Waals surface area (Å²) in [7, 11) is 0. The Bertz CT molecular complexity index is 897. The fourth-order valence-electron chi connectivity index (χ4n) is 2.15. The number of hydrogen-bond acceptors (Lipinski definition) is 4. The quantitative estimate of drug-likeness (QED) is 0.753. The molecule has 2 aromatic heterocycles. The molecule has 0 aliphatic heterocycles. The zero-order chi connectivity index (χ0) is 15.7. The second kappa shape index (κ2) is 5.65. The van der Waals surface area contributed by atoms with Gasteiger partial charge >= 0.3 is 5.97 Å². The molecular formula is C15H12ClN3O3. The van der Waals surface area contributed by atoms with Gasteiger partial charge in [-0.15, -0.1) is 0 Å². The number of nitrogens with zero attached hydrogens (tertiary/aromatic N) is 2. The molecular weight excluding hydrogens is 306 g/mol. The first kappa shape index (κ1) is 14.3. The van der Waals surface area contributed by atoms with Crippen LogP contribution in [-0.2, 0) is 4.74 Å². The Morgan fingerprint density at radius 2 is 2.09 bits per heavy atom. The van der Waals surface area contributed by atoms with Crippen LogP contribution in [0.4, 0.5) is 0 Å². The van der Waals surface area contributed by atoms with Gasteiger partial charge in [0.15, 0.2) is 5.65 Å². The number of benzene rings is 1. The van der Waals surface area contributed by atoms with E-state index in [0.29, 0.717) is 10.7 Å². The average Bonchev–Trinajstić information content (AvgIpc) is 2.93. The molecule has 0 fully saturated rings. The van der Waals surface area contributed by atoms with E-state index in [1.54, 1.807) is 25.3 Å². The second-order valence-electron chi connectivity index (χ2n) is 4.55. The van der Waals surface area contributed by atoms with Gasteiger partial charge in [0, 0.05) is 23.0 Å². The van der Waals surface area contributed by atoms with Crippen molar-refractivity contribution in [3.05, 3.63) is 57.6 Å². The third kappa shape index (κ3) is 2.37. The Balaban J connectivity index is 2.13. The van der Waals surface area contributed by atoms with E-state index in [4.69, 9.17) is 16.3 Å². The third-order valence-electron chi connectivity index (χ3n) is 3.19. The van der Waals surface area contributed by atoms with Crippen molar-refractivity contribution in [2.24, 2.45) is 0 Å². The Hall–Kier alpha value is -2.60. The van der Waals surface area contributed by atoms with Crippen molar-refractivity contribution in [3.8, 4) is 11.1 Å². The molecule has 112 valence electrons. The zero-order valence-electron chi connectivity index (χ0n) is 11.7. The topological polar surface area (TPSA) is 76.5 Å². The first-order valence-corrected chi connectivity index (χ1v) is 7.02. The minimum absolute atomic E-state index is 0.108. The predicted octanol–water partition coefficient (Wildman–Crippen LogP) is 2.52. The Morgan fingerprint density at radius 1 is 1.36 bits per heavy atom. The molecule has 0 aliphatic rings. The fourth-order valence-corrected chi connectivity index (χ4v) is 2.28. The summed E-state index contributed by atoms with van der Waals surface area (Å²) in [6.45, 7) is 1.87. The molecule has 22 heavy (non-hydrogen) atoms. The van der Waals surface area contributed by atoms with Crippen LogP contribution in [-0.4, -0.2) is 27.2 Å². The summed E-state index contributed by atoms with van der Waals surface area (Å²) in [5.41, 5.74) is 1.43. The predicted molar refractivity (Wildman–Crippen MR) is 82.2 cm³/mol. The Kier molecular flexibility index (Phi) is 3.68. The van der Waals surface area contributed by atoms with E-state index in [-0.39, 0.29) is 12.2 Å². The van der Waals surface area contributed by atoms with Crippen molar-refractivity contribution in [3.63, 3.8) is 0 Å². The number of hydrogen-bond donors (Lipinski definition) is 1. The molecule has 0 aliphatic carbocycles. The molecule has 0 radical (unpaired) electrons. The highest BCUT2D eigenvalue weighted by molar-refractivity contribution is 6.30. The van der Waals surface area contributed by atoms with Crippen LogP contribution in [0.1, 0.15) is 17.3 Å². The SMILES string of the molecule is CCOC(=O)c1cnc2c(-c3ccc(Cl)cc3)c[nH]n2c1=O. The van der Waals surface area contributed by atoms with E-state index in [1.807, 2.05) is 12.1 Å². The van der Waals surface area contributed by atoms with Gasteiger partial charge in [-0.2, -0.15) is 0 Å². The van der Waals surface area contributed by atoms with Crippen LogP contribution in [0.15, 0.2) is 41.5 Å². The maximum Gasteiger partial charge on any atom is 0.345 e. The second-order valence-corrected chi connectivity index (χ2v) is 4.99. The molecule has 0 saturated heterocycles. The van der Waals surface area contributed by atoms with Crippen LogP contribution in [0.3, 0.4) is 0 Å². The molecule has 0 spiro atoms. The lowest BCUT2D eigenvalue weighted by atomic mass is 10.1. The number of nitrogens with one attached hydrogen (secondary N) is 1. The Labute approximate surface area is 130 Å². The molecule has 3 rings (SSSR count). The largest absolute Gasteiger partial charge is 0.462 e. The number of rotatable bonds is 3. The number of fused-ring (bicyclic) bond motifs is 1. The molecule has 2 heterocycles. The summed E-state index contributed by atoms with van der Waals surface area (Å²) < 4.78 is 6.06. The van der Waals surface area contributed by atoms with E-state index < -0.39 is 11.5 Å². The lowest BCUT2D eigenvalue weighted by Gasteiger charge is -2.02. The molecule has 0 amide bonds. The Morgan fingerprint density at radius 3 is 2.77 bits per heavy atom. The van der Waals surface area contributed by atoms with E-state index in [2.05, 4.69) is 10.1 Å². The number of aromatic amines is 1. The van der Waals surface area contributed by atoms with E-state index in [1.165, 1.54) is 10.7 Å². The smallest absolute Gasteiger partial charge is 0.345 e. The molecule has 0 bridgehead atoms. The summed E-state index contributed by atoms with van der Waals surface area (Å²) in [5.74, 6) is -0.683. The number of aromatic nitrogens is 3. The van der Waals surface area contributed by atoms with Gasteiger partial charge in [0.2, 0.25) is 0 Å². The molecule has 0 saturated carbocycles. The molecule has 1 N–H and O–H groups in total. The molecule has 0 atom stereocenters. The van der Waals surface area contributed by atoms with Crippen molar-refractivity contribution in [1.29, 1.82) is 0 Å². The molecule has 3 aromatic rings. The number of halogens is 1. The standard InChI is InChI=1S/C15H12ClN3O3/c1-2-22-15(21)12-7-17-13-11(8-18-19(13)14(12)20)9-3-5-10(16)6-4-9/h3-8,18H,2H2,1H3. The van der Waals surface area contributed by atoms with Crippen molar-refractivity contribution in [2.45, 2.75) is 6.92 Å². The zero-order valence-corrected chi connectivity index (χ0v) is 12.4. The van der Waals surface area contributed by atoms with Crippen LogP contribution < -0.4 is 5.56 Å². The van der Waals surface area contributed by atoms with Gasteiger partial charge in [0.1, 0.15) is 5.56 Å². The third-order valence-corrected chi connectivity index (χ3v) is 3.44. The summed E-state index contributed by atoms with van der Waals surface area (Å²) in [4.78, 5) is 28.2. The van der Waals surface area contributed by atoms with Gasteiger partial charge in [0.05, 0.1) is 6.61 Å². The molecule has 7 heteroatoms. The minimum atomic E-state index is -0.683. The maximum atomic E-state index is 12.3. The van der Waals surface area contributed by atoms with Gasteiger partial charge in [-0.05, 0) is 24.6 Å². The van der Waals surface area contributed by atoms with E-state index in [0.717, 1.165) is 11.1 Å². The van der Waals surface area contributed by atoms with Gasteiger partial charge < -0.3 is 4.74 Å². The maximum absolute atomic E-state index is 12.3. The van der Waals surface area contributed by atoms with Gasteiger partial charge in [0.25, 0.3) is 5.56 Å². The molecule has 0 unspecified atom stereocenters. The average molecular weight is 318 g/mol. The highest BCUT2D eigenvalue weighted by Gasteiger charge is 2.17. The lowest BCUT2D eigenvalue weighted by molar-refractivity contribution is 0.0523. The first-order valence-electron chi connectivity index (χ1n) is 6.64. The summed E-state index contributed by atoms with van der Waals surface area (Å²) in [5, 5.41) is 3.43. The number of ether oxygens (including phenoxy) is 1. The highest BCUT2D eigenvalue weighted by Crippen LogP contribution is 2.24. The van der Waals surface area contributed by atoms with Gasteiger partial charge in [-0.1, -0.05) is 23.7 Å². The highest BCUT2D eigenvalue weighted by atomic mass is 35.5. The summed E-state index contributed by atoms with van der Waals surface area (Å²) in [6.07, 6.45) is 2.89. The first-order chi connectivity index (χ1) is 10.6. The van der Waals surface area contributed by atoms with Crippen molar-refractivity contribution >= 4 is 23.2 Å². The normalized spacial score (nSPS) is 10.8. The number of carbonyl (C=O) groups excluding carboxylic acids is 1. The van der Waals surface area contributed by atoms with Gasteiger partial charge in [-0.25, -0.2) is 14.3 Å². The van der Waals surface area contributed by atoms with Crippen molar-refractivity contribution < 1.29 is 9.53 Å². The minimum Gasteiger partial charge on any atom is -0.462 e. The lowest BCUT2D eigenvalue weighted by Crippen LogP contribution is -2.24. The van der Waals surface area contributed by atoms with Gasteiger partial charge in [-0.3, -0.25) is 9.89 Å². The molecule has 1 aromatic carbocycles. The number of H-pyrrole nitrogens is 1. The van der Waals surface area contributed by atoms with Crippen LogP contribution in [0.25, 0.3) is 16.8 Å². The van der Waals surface area contributed by atoms with E-state index >= 15 is 0 Å². The van der Waals surface area contributed by atoms with Crippen LogP contribution in [0.5, 0.6) is 0 Å². The van der Waals surface area contributed by atoms with E-state index in [9.17, 15) is 9.59 Å². The summed E-state index contributed by atoms with van der Waals surface area (Å²) in [6, 6.07) is 7.17. The van der Waals surface area contributed by atoms with Crippen LogP contribution in [0.2, 0.25) is 5.02 Å². The van der Waals surface area contributed by atoms with Crippen molar-refractivity contribution in [2.75, 3.05) is 6.61 Å². The van der Waals surface area contributed by atoms with Crippen LogP contribution in [0, 0.1) is 0 Å². The summed E-state index contributed by atoms with van der Waals surface area (Å²) >= 11 is 5.87. The van der Waals surface area contributed by atoms with Crippen LogP contribution >= 0.6 is 11.6 Å². The monoisotopic (exact) mass is 317 g/mol.